The van der Waals surface area contributed by atoms with Crippen LogP contribution < -0.4 is 16.4 Å². The lowest BCUT2D eigenvalue weighted by Crippen LogP contribution is -2.39. The van der Waals surface area contributed by atoms with Gasteiger partial charge in [0.2, 0.25) is 5.91 Å². The van der Waals surface area contributed by atoms with Gasteiger partial charge in [-0.05, 0) is 24.6 Å². The highest BCUT2D eigenvalue weighted by molar-refractivity contribution is 6.04. The van der Waals surface area contributed by atoms with Crippen molar-refractivity contribution >= 4 is 29.9 Å². The summed E-state index contributed by atoms with van der Waals surface area (Å²) in [6.45, 7) is 2.52. The minimum Gasteiger partial charge on any atom is -0.383 e. The van der Waals surface area contributed by atoms with Crippen LogP contribution in [-0.4, -0.2) is 31.6 Å². The maximum atomic E-state index is 12.5. The molecule has 1 atom stereocenters. The summed E-state index contributed by atoms with van der Waals surface area (Å²) < 4.78 is 4.87. The summed E-state index contributed by atoms with van der Waals surface area (Å²) in [7, 11) is 1.47. The molecule has 0 radical (unpaired) electrons. The highest BCUT2D eigenvalue weighted by Crippen LogP contribution is 2.15. The summed E-state index contributed by atoms with van der Waals surface area (Å²) >= 11 is 0. The molecule has 2 aromatic rings. The first-order valence-corrected chi connectivity index (χ1v) is 7.99. The maximum Gasteiger partial charge on any atom is 0.253 e. The molecule has 0 aromatic heterocycles. The molecule has 2 aromatic carbocycles. The fraction of sp³-hybridized carbons (Fsp3) is 0.263. The van der Waals surface area contributed by atoms with Crippen LogP contribution in [0.1, 0.15) is 21.5 Å². The number of para-hydroxylation sites is 1. The predicted octanol–water partition coefficient (Wildman–Crippen LogP) is 2.26. The van der Waals surface area contributed by atoms with Crippen molar-refractivity contribution in [1.29, 1.82) is 0 Å². The molecule has 6 nitrogen and oxygen atoms in total. The number of halogens is 1. The fourth-order valence-electron chi connectivity index (χ4n) is 2.25. The predicted molar refractivity (Wildman–Crippen MR) is 105 cm³/mol. The molecule has 7 heteroatoms. The third-order valence-electron chi connectivity index (χ3n) is 3.69. The second-order valence-corrected chi connectivity index (χ2v) is 5.76. The molecule has 0 bridgehead atoms. The largest absolute Gasteiger partial charge is 0.383 e. The van der Waals surface area contributed by atoms with Crippen LogP contribution in [0.5, 0.6) is 0 Å². The molecule has 0 aliphatic heterocycles. The van der Waals surface area contributed by atoms with Gasteiger partial charge in [0, 0.05) is 13.7 Å². The fourth-order valence-corrected chi connectivity index (χ4v) is 2.25. The zero-order valence-corrected chi connectivity index (χ0v) is 15.6. The van der Waals surface area contributed by atoms with Crippen LogP contribution in [0.15, 0.2) is 48.5 Å². The quantitative estimate of drug-likeness (QED) is 0.690. The molecule has 0 saturated carbocycles. The lowest BCUT2D eigenvalue weighted by Gasteiger charge is -2.14. The first-order valence-electron chi connectivity index (χ1n) is 7.99. The summed E-state index contributed by atoms with van der Waals surface area (Å²) in [5.41, 5.74) is 8.68. The van der Waals surface area contributed by atoms with Crippen LogP contribution in [0.25, 0.3) is 0 Å². The number of hydrogen-bond donors (Lipinski definition) is 3. The van der Waals surface area contributed by atoms with Gasteiger partial charge in [-0.15, -0.1) is 12.4 Å². The van der Waals surface area contributed by atoms with Crippen molar-refractivity contribution in [3.63, 3.8) is 0 Å². The molecule has 0 aliphatic carbocycles. The van der Waals surface area contributed by atoms with Crippen molar-refractivity contribution in [2.45, 2.75) is 19.5 Å². The molecule has 26 heavy (non-hydrogen) atoms. The number of hydrogen-bond acceptors (Lipinski definition) is 4. The number of methoxy groups -OCH3 is 1. The van der Waals surface area contributed by atoms with E-state index in [1.165, 1.54) is 7.11 Å². The Kier molecular flexibility index (Phi) is 8.78. The number of anilines is 1. The second-order valence-electron chi connectivity index (χ2n) is 5.76. The number of nitrogens with two attached hydrogens (primary N) is 1. The SMILES string of the molecule is COCC(N)C(=O)Nc1ccccc1C(=O)NCc1ccc(C)cc1.Cl. The Hall–Kier alpha value is -2.41. The summed E-state index contributed by atoms with van der Waals surface area (Å²) in [5.74, 6) is -0.669. The van der Waals surface area contributed by atoms with Gasteiger partial charge < -0.3 is 21.1 Å². The van der Waals surface area contributed by atoms with Gasteiger partial charge in [-0.2, -0.15) is 0 Å². The van der Waals surface area contributed by atoms with Gasteiger partial charge in [0.15, 0.2) is 0 Å². The lowest BCUT2D eigenvalue weighted by atomic mass is 10.1. The summed E-state index contributed by atoms with van der Waals surface area (Å²) in [5, 5.41) is 5.53. The van der Waals surface area contributed by atoms with Crippen molar-refractivity contribution in [3.8, 4) is 0 Å². The van der Waals surface area contributed by atoms with E-state index in [0.29, 0.717) is 17.8 Å². The Labute approximate surface area is 159 Å². The van der Waals surface area contributed by atoms with Crippen LogP contribution in [0.3, 0.4) is 0 Å². The molecule has 0 fully saturated rings. The topological polar surface area (TPSA) is 93.4 Å². The minimum atomic E-state index is -0.798. The van der Waals surface area contributed by atoms with E-state index in [1.54, 1.807) is 24.3 Å². The van der Waals surface area contributed by atoms with E-state index >= 15 is 0 Å². The van der Waals surface area contributed by atoms with E-state index in [2.05, 4.69) is 10.6 Å². The van der Waals surface area contributed by atoms with Crippen molar-refractivity contribution in [2.24, 2.45) is 5.73 Å². The smallest absolute Gasteiger partial charge is 0.253 e. The maximum absolute atomic E-state index is 12.5. The number of nitrogens with one attached hydrogen (secondary N) is 2. The molecule has 140 valence electrons. The summed E-state index contributed by atoms with van der Waals surface area (Å²) in [6, 6.07) is 13.9. The van der Waals surface area contributed by atoms with Crippen molar-refractivity contribution < 1.29 is 14.3 Å². The van der Waals surface area contributed by atoms with E-state index in [9.17, 15) is 9.59 Å². The third-order valence-corrected chi connectivity index (χ3v) is 3.69. The number of rotatable bonds is 7. The minimum absolute atomic E-state index is 0. The Morgan fingerprint density at radius 2 is 1.77 bits per heavy atom. The lowest BCUT2D eigenvalue weighted by molar-refractivity contribution is -0.118. The van der Waals surface area contributed by atoms with Gasteiger partial charge >= 0.3 is 0 Å². The molecule has 0 saturated heterocycles. The normalized spacial score (nSPS) is 11.2. The first-order chi connectivity index (χ1) is 12.0. The molecule has 2 rings (SSSR count). The van der Waals surface area contributed by atoms with Crippen LogP contribution in [0.2, 0.25) is 0 Å². The Balaban J connectivity index is 0.00000338. The summed E-state index contributed by atoms with van der Waals surface area (Å²) in [4.78, 5) is 24.5. The van der Waals surface area contributed by atoms with Crippen molar-refractivity contribution in [2.75, 3.05) is 19.0 Å². The molecule has 2 amide bonds. The van der Waals surface area contributed by atoms with Crippen molar-refractivity contribution in [1.82, 2.24) is 5.32 Å². The zero-order chi connectivity index (χ0) is 18.2. The van der Waals surface area contributed by atoms with E-state index in [1.807, 2.05) is 31.2 Å². The average Bonchev–Trinajstić information content (AvgIpc) is 2.61. The Bertz CT molecular complexity index is 735. The highest BCUT2D eigenvalue weighted by Gasteiger charge is 2.17. The molecule has 0 spiro atoms. The number of amides is 2. The third kappa shape index (κ3) is 6.15. The van der Waals surface area contributed by atoms with Gasteiger partial charge in [-0.25, -0.2) is 0 Å². The molecular formula is C19H24ClN3O3. The average molecular weight is 378 g/mol. The molecule has 1 unspecified atom stereocenters. The molecule has 0 heterocycles. The Morgan fingerprint density at radius 1 is 1.12 bits per heavy atom. The van der Waals surface area contributed by atoms with Crippen LogP contribution in [0, 0.1) is 6.92 Å². The number of carbonyl (C=O) groups excluding carboxylic acids is 2. The zero-order valence-electron chi connectivity index (χ0n) is 14.8. The first kappa shape index (κ1) is 21.6. The summed E-state index contributed by atoms with van der Waals surface area (Å²) in [6.07, 6.45) is 0. The van der Waals surface area contributed by atoms with E-state index < -0.39 is 11.9 Å². The Morgan fingerprint density at radius 3 is 2.42 bits per heavy atom. The van der Waals surface area contributed by atoms with Crippen LogP contribution in [-0.2, 0) is 16.1 Å². The molecule has 0 aliphatic rings. The van der Waals surface area contributed by atoms with Gasteiger partial charge in [0.1, 0.15) is 6.04 Å². The van der Waals surface area contributed by atoms with Crippen LogP contribution in [0.4, 0.5) is 5.69 Å². The molecular weight excluding hydrogens is 354 g/mol. The molecule has 4 N–H and O–H groups in total. The van der Waals surface area contributed by atoms with Gasteiger partial charge in [-0.3, -0.25) is 9.59 Å². The monoisotopic (exact) mass is 377 g/mol. The van der Waals surface area contributed by atoms with Crippen LogP contribution >= 0.6 is 12.4 Å². The standard InChI is InChI=1S/C19H23N3O3.ClH/c1-13-7-9-14(10-8-13)11-21-18(23)15-5-3-4-6-17(15)22-19(24)16(20)12-25-2;/h3-10,16H,11-12,20H2,1-2H3,(H,21,23)(H,22,24);1H. The highest BCUT2D eigenvalue weighted by atomic mass is 35.5. The van der Waals surface area contributed by atoms with E-state index in [0.717, 1.165) is 11.1 Å². The van der Waals surface area contributed by atoms with Gasteiger partial charge in [0.25, 0.3) is 5.91 Å². The number of aryl methyl sites for hydroxylation is 1. The van der Waals surface area contributed by atoms with E-state index in [4.69, 9.17) is 10.5 Å². The second kappa shape index (κ2) is 10.6. The van der Waals surface area contributed by atoms with Gasteiger partial charge in [-0.1, -0.05) is 42.0 Å². The van der Waals surface area contributed by atoms with Gasteiger partial charge in [0.05, 0.1) is 17.9 Å². The van der Waals surface area contributed by atoms with E-state index in [-0.39, 0.29) is 24.9 Å². The number of benzene rings is 2. The number of ether oxygens (including phenoxy) is 1. The number of carbonyl (C=O) groups is 2. The van der Waals surface area contributed by atoms with Crippen molar-refractivity contribution in [3.05, 3.63) is 65.2 Å².